The number of nitrogens with one attached hydrogen (secondary N) is 2. The Hall–Kier alpha value is -3.21. The van der Waals surface area contributed by atoms with Gasteiger partial charge in [-0.15, -0.1) is 12.8 Å². The van der Waals surface area contributed by atoms with Gasteiger partial charge in [0, 0.05) is 11.4 Å². The molecule has 39 heavy (non-hydrogen) atoms. The molecule has 0 fully saturated rings. The van der Waals surface area contributed by atoms with Gasteiger partial charge in [0.1, 0.15) is 11.5 Å². The second kappa shape index (κ2) is 22.7. The molecule has 0 saturated heterocycles. The van der Waals surface area contributed by atoms with Gasteiger partial charge in [0.2, 0.25) is 0 Å². The first-order chi connectivity index (χ1) is 18.7. The van der Waals surface area contributed by atoms with Gasteiger partial charge >= 0.3 is 26.2 Å². The molecule has 4 nitrogen and oxygen atoms in total. The van der Waals surface area contributed by atoms with Gasteiger partial charge in [-0.3, -0.25) is 12.2 Å². The first-order valence-electron chi connectivity index (χ1n) is 12.6. The van der Waals surface area contributed by atoms with E-state index in [1.54, 1.807) is 0 Å². The molecule has 2 aliphatic carbocycles. The molecule has 0 saturated carbocycles. The Bertz CT molecular complexity index is 1020. The molecule has 0 heterocycles. The predicted molar refractivity (Wildman–Crippen MR) is 163 cm³/mol. The maximum Gasteiger partial charge on any atom is 3.00 e. The standard InChI is InChI=1S/C17H20N2O2S.C6H5.2C5H5.Zr/c1-3-20-15-9-5-13(6-10-15)18-17(22)19-14-7-11-16(12-8-14)21-4-2;1-2-4-6-5-3-1;2*1-2-4-5-3-1;/h5-12H,3-4H2,1-2H3,(H2,18,19,22);1-5H;2*1-3H,4H2;/q;3*-1;+3. The fourth-order valence-electron chi connectivity index (χ4n) is 2.92. The summed E-state index contributed by atoms with van der Waals surface area (Å²) in [6.07, 6.45) is 20.0. The van der Waals surface area contributed by atoms with Crippen molar-refractivity contribution in [1.82, 2.24) is 0 Å². The summed E-state index contributed by atoms with van der Waals surface area (Å²) in [5, 5.41) is 6.80. The molecule has 0 amide bonds. The second-order valence-electron chi connectivity index (χ2n) is 7.58. The van der Waals surface area contributed by atoms with E-state index in [0.717, 1.165) is 35.7 Å². The number of rotatable bonds is 6. The zero-order valence-electron chi connectivity index (χ0n) is 22.5. The van der Waals surface area contributed by atoms with Crippen LogP contribution in [0.2, 0.25) is 0 Å². The Morgan fingerprint density at radius 2 is 1.15 bits per heavy atom. The summed E-state index contributed by atoms with van der Waals surface area (Å²) in [5.74, 6) is 1.69. The topological polar surface area (TPSA) is 42.5 Å². The summed E-state index contributed by atoms with van der Waals surface area (Å²) in [4.78, 5) is 0. The maximum atomic E-state index is 5.40. The summed E-state index contributed by atoms with van der Waals surface area (Å²) in [6, 6.07) is 27.8. The Balaban J connectivity index is 0.000000357. The number of anilines is 2. The number of hydrogen-bond donors (Lipinski definition) is 2. The molecule has 0 spiro atoms. The van der Waals surface area contributed by atoms with Crippen molar-refractivity contribution in [2.75, 3.05) is 23.8 Å². The molecule has 6 heteroatoms. The first kappa shape index (κ1) is 33.8. The zero-order chi connectivity index (χ0) is 27.1. The molecular formula is C33H35N2O2SZr. The number of hydrogen-bond acceptors (Lipinski definition) is 3. The van der Waals surface area contributed by atoms with Gasteiger partial charge in [0.25, 0.3) is 0 Å². The summed E-state index contributed by atoms with van der Waals surface area (Å²) < 4.78 is 10.8. The van der Waals surface area contributed by atoms with E-state index in [2.05, 4.69) is 41.0 Å². The molecule has 3 aromatic rings. The van der Waals surface area contributed by atoms with Gasteiger partial charge in [-0.1, -0.05) is 0 Å². The minimum atomic E-state index is 0. The molecule has 5 rings (SSSR count). The van der Waals surface area contributed by atoms with E-state index in [-0.39, 0.29) is 26.2 Å². The third-order valence-electron chi connectivity index (χ3n) is 4.63. The Morgan fingerprint density at radius 3 is 1.38 bits per heavy atom. The fourth-order valence-corrected chi connectivity index (χ4v) is 3.15. The summed E-state index contributed by atoms with van der Waals surface area (Å²) in [5.41, 5.74) is 1.82. The van der Waals surface area contributed by atoms with E-state index < -0.39 is 0 Å². The number of benzene rings is 3. The molecule has 1 radical (unpaired) electrons. The SMILES string of the molecule is CCOc1ccc(NC(=S)Nc2ccc(OCC)cc2)cc1.[C-]1=CC=CC1.[C-]1=CC=CC1.[Zr+3].[c-]1ccccc1. The molecule has 0 bridgehead atoms. The average molecular weight is 615 g/mol. The van der Waals surface area contributed by atoms with E-state index in [4.69, 9.17) is 21.7 Å². The van der Waals surface area contributed by atoms with Gasteiger partial charge in [-0.25, -0.2) is 24.3 Å². The van der Waals surface area contributed by atoms with E-state index in [0.29, 0.717) is 18.3 Å². The molecule has 0 aromatic heterocycles. The van der Waals surface area contributed by atoms with Crippen LogP contribution in [0.25, 0.3) is 0 Å². The molecular weight excluding hydrogens is 580 g/mol. The van der Waals surface area contributed by atoms with E-state index >= 15 is 0 Å². The first-order valence-corrected chi connectivity index (χ1v) is 13.0. The number of thiocarbonyl (C=S) groups is 1. The van der Waals surface area contributed by atoms with Crippen LogP contribution in [0.4, 0.5) is 11.4 Å². The predicted octanol–water partition coefficient (Wildman–Crippen LogP) is 8.39. The Morgan fingerprint density at radius 1 is 0.718 bits per heavy atom. The summed E-state index contributed by atoms with van der Waals surface area (Å²) in [6.45, 7) is 5.24. The van der Waals surface area contributed by atoms with Crippen LogP contribution in [0, 0.1) is 18.2 Å². The van der Waals surface area contributed by atoms with E-state index in [9.17, 15) is 0 Å². The van der Waals surface area contributed by atoms with Crippen molar-refractivity contribution in [2.24, 2.45) is 0 Å². The van der Waals surface area contributed by atoms with Crippen LogP contribution in [0.5, 0.6) is 11.5 Å². The van der Waals surface area contributed by atoms with Crippen molar-refractivity contribution in [3.05, 3.63) is 134 Å². The third-order valence-corrected chi connectivity index (χ3v) is 4.83. The molecule has 0 unspecified atom stereocenters. The average Bonchev–Trinajstić information content (AvgIpc) is 3.73. The molecule has 0 atom stereocenters. The van der Waals surface area contributed by atoms with Crippen LogP contribution in [0.1, 0.15) is 26.7 Å². The van der Waals surface area contributed by atoms with Crippen LogP contribution in [0.15, 0.2) is 115 Å². The minimum Gasteiger partial charge on any atom is -0.494 e. The molecule has 2 N–H and O–H groups in total. The second-order valence-corrected chi connectivity index (χ2v) is 7.99. The van der Waals surface area contributed by atoms with Gasteiger partial charge in [-0.05, 0) is 74.6 Å². The van der Waals surface area contributed by atoms with Gasteiger partial charge in [-0.2, -0.15) is 48.6 Å². The van der Waals surface area contributed by atoms with Crippen LogP contribution in [-0.2, 0) is 26.2 Å². The van der Waals surface area contributed by atoms with Gasteiger partial charge in [0.15, 0.2) is 5.11 Å². The van der Waals surface area contributed by atoms with Crippen molar-refractivity contribution < 1.29 is 35.7 Å². The summed E-state index contributed by atoms with van der Waals surface area (Å²) in [7, 11) is 0. The monoisotopic (exact) mass is 613 g/mol. The summed E-state index contributed by atoms with van der Waals surface area (Å²) >= 11 is 5.30. The largest absolute Gasteiger partial charge is 3.00 e. The van der Waals surface area contributed by atoms with Crippen molar-refractivity contribution >= 4 is 28.7 Å². The van der Waals surface area contributed by atoms with Crippen LogP contribution in [-0.4, -0.2) is 18.3 Å². The van der Waals surface area contributed by atoms with Crippen molar-refractivity contribution in [1.29, 1.82) is 0 Å². The molecule has 0 aliphatic heterocycles. The Kier molecular flexibility index (Phi) is 19.7. The quantitative estimate of drug-likeness (QED) is 0.216. The zero-order valence-corrected chi connectivity index (χ0v) is 25.8. The van der Waals surface area contributed by atoms with E-state index in [1.165, 1.54) is 0 Å². The maximum absolute atomic E-state index is 5.40. The minimum absolute atomic E-state index is 0. The fraction of sp³-hybridized carbons (Fsp3) is 0.182. The molecule has 2 aliphatic rings. The van der Waals surface area contributed by atoms with Crippen molar-refractivity contribution in [2.45, 2.75) is 26.7 Å². The van der Waals surface area contributed by atoms with Crippen molar-refractivity contribution in [3.8, 4) is 11.5 Å². The number of ether oxygens (including phenoxy) is 2. The smallest absolute Gasteiger partial charge is 0.494 e. The van der Waals surface area contributed by atoms with Crippen LogP contribution < -0.4 is 20.1 Å². The molecule has 3 aromatic carbocycles. The normalized spacial score (nSPS) is 11.3. The van der Waals surface area contributed by atoms with Crippen molar-refractivity contribution in [3.63, 3.8) is 0 Å². The third kappa shape index (κ3) is 17.1. The van der Waals surface area contributed by atoms with Crippen LogP contribution in [0.3, 0.4) is 0 Å². The molecule has 199 valence electrons. The number of allylic oxidation sites excluding steroid dienone is 8. The van der Waals surface area contributed by atoms with E-state index in [1.807, 2.05) is 117 Å². The van der Waals surface area contributed by atoms with Gasteiger partial charge in [0.05, 0.1) is 13.2 Å². The van der Waals surface area contributed by atoms with Crippen LogP contribution >= 0.6 is 12.2 Å². The van der Waals surface area contributed by atoms with Gasteiger partial charge < -0.3 is 20.1 Å². The Labute approximate surface area is 258 Å².